The predicted octanol–water partition coefficient (Wildman–Crippen LogP) is 1.57. The van der Waals surface area contributed by atoms with Gasteiger partial charge in [0.15, 0.2) is 0 Å². The highest BCUT2D eigenvalue weighted by atomic mass is 19.1. The summed E-state index contributed by atoms with van der Waals surface area (Å²) in [5.74, 6) is -0.227. The van der Waals surface area contributed by atoms with Gasteiger partial charge in [-0.05, 0) is 37.1 Å². The van der Waals surface area contributed by atoms with Gasteiger partial charge < -0.3 is 20.1 Å². The van der Waals surface area contributed by atoms with E-state index in [0.717, 1.165) is 24.3 Å². The number of rotatable bonds is 5. The Balaban J connectivity index is 2.24. The molecule has 3 atom stereocenters. The first-order chi connectivity index (χ1) is 9.55. The van der Waals surface area contributed by atoms with Crippen LogP contribution in [0.15, 0.2) is 18.2 Å². The zero-order valence-corrected chi connectivity index (χ0v) is 12.3. The molecule has 0 aliphatic carbocycles. The molecular weight excluding hydrogens is 259 g/mol. The summed E-state index contributed by atoms with van der Waals surface area (Å²) in [6.07, 6.45) is 0.722. The molecule has 1 fully saturated rings. The van der Waals surface area contributed by atoms with Crippen LogP contribution in [0.1, 0.15) is 12.5 Å². The molecule has 2 rings (SSSR count). The Morgan fingerprint density at radius 2 is 1.90 bits per heavy atom. The molecule has 0 spiro atoms. The average molecular weight is 282 g/mol. The quantitative estimate of drug-likeness (QED) is 0.890. The van der Waals surface area contributed by atoms with Crippen molar-refractivity contribution in [3.05, 3.63) is 29.6 Å². The van der Waals surface area contributed by atoms with Gasteiger partial charge in [-0.1, -0.05) is 0 Å². The van der Waals surface area contributed by atoms with Crippen LogP contribution in [0, 0.1) is 5.82 Å². The predicted molar refractivity (Wildman–Crippen MR) is 77.6 cm³/mol. The first kappa shape index (κ1) is 15.2. The van der Waals surface area contributed by atoms with Crippen LogP contribution in [-0.2, 0) is 15.9 Å². The van der Waals surface area contributed by atoms with E-state index in [1.165, 1.54) is 6.07 Å². The number of methoxy groups -OCH3 is 2. The molecule has 0 saturated carbocycles. The maximum Gasteiger partial charge on any atom is 0.123 e. The standard InChI is InChI=1S/C15H23FN2O2/c1-10(17)6-11-7-12(16)4-5-13(11)18-8-14(19-2)15(9-18)20-3/h4-5,7,10,14-15H,6,8-9,17H2,1-3H3. The number of nitrogens with zero attached hydrogens (tertiary/aromatic N) is 1. The van der Waals surface area contributed by atoms with Gasteiger partial charge >= 0.3 is 0 Å². The van der Waals surface area contributed by atoms with Crippen molar-refractivity contribution in [1.29, 1.82) is 0 Å². The van der Waals surface area contributed by atoms with Crippen molar-refractivity contribution in [1.82, 2.24) is 0 Å². The average Bonchev–Trinajstić information content (AvgIpc) is 2.81. The molecule has 20 heavy (non-hydrogen) atoms. The Bertz CT molecular complexity index is 441. The molecule has 112 valence electrons. The van der Waals surface area contributed by atoms with Gasteiger partial charge in [-0.3, -0.25) is 0 Å². The van der Waals surface area contributed by atoms with Gasteiger partial charge in [0.1, 0.15) is 18.0 Å². The smallest absolute Gasteiger partial charge is 0.123 e. The number of benzene rings is 1. The highest BCUT2D eigenvalue weighted by Crippen LogP contribution is 2.28. The summed E-state index contributed by atoms with van der Waals surface area (Å²) < 4.78 is 24.4. The van der Waals surface area contributed by atoms with Crippen LogP contribution in [0.3, 0.4) is 0 Å². The number of ether oxygens (including phenoxy) is 2. The van der Waals surface area contributed by atoms with Gasteiger partial charge in [-0.25, -0.2) is 4.39 Å². The third-order valence-electron chi connectivity index (χ3n) is 3.74. The van der Waals surface area contributed by atoms with Crippen molar-refractivity contribution in [2.24, 2.45) is 5.73 Å². The lowest BCUT2D eigenvalue weighted by atomic mass is 10.0. The van der Waals surface area contributed by atoms with E-state index in [-0.39, 0.29) is 24.1 Å². The van der Waals surface area contributed by atoms with Crippen molar-refractivity contribution >= 4 is 5.69 Å². The Hall–Kier alpha value is -1.17. The van der Waals surface area contributed by atoms with Crippen molar-refractivity contribution < 1.29 is 13.9 Å². The Morgan fingerprint density at radius 3 is 2.40 bits per heavy atom. The molecule has 5 heteroatoms. The van der Waals surface area contributed by atoms with Crippen LogP contribution >= 0.6 is 0 Å². The van der Waals surface area contributed by atoms with Crippen molar-refractivity contribution in [3.8, 4) is 0 Å². The lowest BCUT2D eigenvalue weighted by Crippen LogP contribution is -2.27. The van der Waals surface area contributed by atoms with Gasteiger partial charge in [0, 0.05) is 39.0 Å². The molecule has 0 aromatic heterocycles. The topological polar surface area (TPSA) is 47.7 Å². The zero-order chi connectivity index (χ0) is 14.7. The second-order valence-electron chi connectivity index (χ2n) is 5.41. The lowest BCUT2D eigenvalue weighted by Gasteiger charge is -2.22. The fourth-order valence-electron chi connectivity index (χ4n) is 2.77. The van der Waals surface area contributed by atoms with Crippen molar-refractivity contribution in [2.75, 3.05) is 32.2 Å². The Morgan fingerprint density at radius 1 is 1.30 bits per heavy atom. The van der Waals surface area contributed by atoms with Crippen LogP contribution in [0.25, 0.3) is 0 Å². The van der Waals surface area contributed by atoms with Crippen LogP contribution in [0.5, 0.6) is 0 Å². The van der Waals surface area contributed by atoms with E-state index < -0.39 is 0 Å². The van der Waals surface area contributed by atoms with Crippen LogP contribution in [-0.4, -0.2) is 45.6 Å². The molecule has 0 amide bonds. The normalized spacial score (nSPS) is 24.1. The summed E-state index contributed by atoms with van der Waals surface area (Å²) in [5, 5.41) is 0. The number of anilines is 1. The molecule has 1 heterocycles. The summed E-state index contributed by atoms with van der Waals surface area (Å²) in [6.45, 7) is 3.41. The van der Waals surface area contributed by atoms with Crippen molar-refractivity contribution in [2.45, 2.75) is 31.6 Å². The zero-order valence-electron chi connectivity index (χ0n) is 12.3. The number of hydrogen-bond acceptors (Lipinski definition) is 4. The summed E-state index contributed by atoms with van der Waals surface area (Å²) in [4.78, 5) is 2.18. The summed E-state index contributed by atoms with van der Waals surface area (Å²) in [6, 6.07) is 4.87. The minimum atomic E-state index is -0.227. The third-order valence-corrected chi connectivity index (χ3v) is 3.74. The van der Waals surface area contributed by atoms with Crippen LogP contribution in [0.2, 0.25) is 0 Å². The molecular formula is C15H23FN2O2. The number of nitrogens with two attached hydrogens (primary N) is 1. The van der Waals surface area contributed by atoms with E-state index in [1.54, 1.807) is 20.3 Å². The molecule has 0 bridgehead atoms. The SMILES string of the molecule is COC1CN(c2ccc(F)cc2CC(C)N)CC1OC. The molecule has 1 aromatic rings. The maximum atomic E-state index is 13.5. The highest BCUT2D eigenvalue weighted by Gasteiger charge is 2.33. The van der Waals surface area contributed by atoms with Gasteiger partial charge in [-0.15, -0.1) is 0 Å². The second-order valence-corrected chi connectivity index (χ2v) is 5.41. The minimum Gasteiger partial charge on any atom is -0.377 e. The summed E-state index contributed by atoms with van der Waals surface area (Å²) >= 11 is 0. The van der Waals surface area contributed by atoms with E-state index in [1.807, 2.05) is 13.0 Å². The summed E-state index contributed by atoms with van der Waals surface area (Å²) in [5.41, 5.74) is 7.81. The lowest BCUT2D eigenvalue weighted by molar-refractivity contribution is -0.00461. The van der Waals surface area contributed by atoms with E-state index >= 15 is 0 Å². The van der Waals surface area contributed by atoms with Crippen LogP contribution in [0.4, 0.5) is 10.1 Å². The number of halogens is 1. The third kappa shape index (κ3) is 3.29. The van der Waals surface area contributed by atoms with E-state index in [0.29, 0.717) is 6.42 Å². The minimum absolute atomic E-state index is 0.00500. The van der Waals surface area contributed by atoms with Gasteiger partial charge in [0.25, 0.3) is 0 Å². The first-order valence-electron chi connectivity index (χ1n) is 6.89. The first-order valence-corrected chi connectivity index (χ1v) is 6.89. The van der Waals surface area contributed by atoms with Crippen LogP contribution < -0.4 is 10.6 Å². The molecule has 0 radical (unpaired) electrons. The fraction of sp³-hybridized carbons (Fsp3) is 0.600. The van der Waals surface area contributed by atoms with Gasteiger partial charge in [0.2, 0.25) is 0 Å². The second kappa shape index (κ2) is 6.52. The molecule has 1 aromatic carbocycles. The van der Waals surface area contributed by atoms with Gasteiger partial charge in [-0.2, -0.15) is 0 Å². The highest BCUT2D eigenvalue weighted by molar-refractivity contribution is 5.55. The van der Waals surface area contributed by atoms with E-state index in [9.17, 15) is 4.39 Å². The molecule has 2 N–H and O–H groups in total. The Kier molecular flexibility index (Phi) is 4.96. The summed E-state index contributed by atoms with van der Waals surface area (Å²) in [7, 11) is 3.38. The molecule has 3 unspecified atom stereocenters. The largest absolute Gasteiger partial charge is 0.377 e. The number of hydrogen-bond donors (Lipinski definition) is 1. The monoisotopic (exact) mass is 282 g/mol. The van der Waals surface area contributed by atoms with Crippen molar-refractivity contribution in [3.63, 3.8) is 0 Å². The Labute approximate surface area is 119 Å². The molecule has 1 saturated heterocycles. The molecule has 1 aliphatic rings. The fourth-order valence-corrected chi connectivity index (χ4v) is 2.77. The van der Waals surface area contributed by atoms with E-state index in [2.05, 4.69) is 4.90 Å². The van der Waals surface area contributed by atoms with E-state index in [4.69, 9.17) is 15.2 Å². The molecule has 4 nitrogen and oxygen atoms in total. The maximum absolute atomic E-state index is 13.5. The molecule has 1 aliphatic heterocycles. The van der Waals surface area contributed by atoms with Gasteiger partial charge in [0.05, 0.1) is 0 Å².